The van der Waals surface area contributed by atoms with Crippen LogP contribution in [0.25, 0.3) is 0 Å². The number of hydrogen-bond acceptors (Lipinski definition) is 3. The Kier molecular flexibility index (Phi) is 2.93. The zero-order valence-electron chi connectivity index (χ0n) is 9.57. The summed E-state index contributed by atoms with van der Waals surface area (Å²) in [6, 6.07) is 8.34. The largest absolute Gasteiger partial charge is 0.370 e. The zero-order chi connectivity index (χ0) is 11.8. The van der Waals surface area contributed by atoms with Crippen LogP contribution in [-0.4, -0.2) is 23.9 Å². The highest BCUT2D eigenvalue weighted by Crippen LogP contribution is 2.33. The molecule has 0 aromatic heterocycles. The number of aliphatic imine (C=N–C) groups is 1. The van der Waals surface area contributed by atoms with Crippen molar-refractivity contribution in [2.75, 3.05) is 13.1 Å². The molecule has 0 radical (unpaired) electrons. The Morgan fingerprint density at radius 3 is 2.94 bits per heavy atom. The third-order valence-corrected chi connectivity index (χ3v) is 3.68. The van der Waals surface area contributed by atoms with E-state index in [0.717, 1.165) is 17.6 Å². The van der Waals surface area contributed by atoms with E-state index in [1.165, 1.54) is 5.56 Å². The minimum Gasteiger partial charge on any atom is -0.370 e. The fourth-order valence-corrected chi connectivity index (χ4v) is 2.64. The lowest BCUT2D eigenvalue weighted by Crippen LogP contribution is -2.47. The number of hydrogen-bond donors (Lipinski definition) is 1. The molecule has 0 saturated heterocycles. The van der Waals surface area contributed by atoms with Crippen molar-refractivity contribution in [2.24, 2.45) is 10.7 Å². The quantitative estimate of drug-likeness (QED) is 0.904. The first-order chi connectivity index (χ1) is 7.58. The first-order valence-corrected chi connectivity index (χ1v) is 6.21. The first kappa shape index (κ1) is 11.5. The molecule has 1 aliphatic rings. The SMILES string of the molecule is CCN1C(N)=NCC1(C)c1cccc(Br)c1. The average Bonchev–Trinajstić information content (AvgIpc) is 2.56. The van der Waals surface area contributed by atoms with Gasteiger partial charge in [0.25, 0.3) is 0 Å². The van der Waals surface area contributed by atoms with Gasteiger partial charge in [0, 0.05) is 11.0 Å². The molecule has 16 heavy (non-hydrogen) atoms. The summed E-state index contributed by atoms with van der Waals surface area (Å²) in [5, 5.41) is 0. The molecule has 0 amide bonds. The maximum absolute atomic E-state index is 5.90. The molecule has 1 aromatic rings. The van der Waals surface area contributed by atoms with Crippen molar-refractivity contribution in [3.05, 3.63) is 34.3 Å². The molecule has 2 N–H and O–H groups in total. The van der Waals surface area contributed by atoms with Crippen molar-refractivity contribution < 1.29 is 0 Å². The summed E-state index contributed by atoms with van der Waals surface area (Å²) < 4.78 is 1.09. The summed E-state index contributed by atoms with van der Waals surface area (Å²) >= 11 is 3.50. The Balaban J connectivity index is 2.40. The summed E-state index contributed by atoms with van der Waals surface area (Å²) in [7, 11) is 0. The van der Waals surface area contributed by atoms with Gasteiger partial charge < -0.3 is 10.6 Å². The number of likely N-dealkylation sites (N-methyl/N-ethyl adjacent to an activating group) is 1. The molecule has 4 heteroatoms. The standard InChI is InChI=1S/C12H16BrN3/c1-3-16-11(14)15-8-12(16,2)9-5-4-6-10(13)7-9/h4-7H,3,8H2,1-2H3,(H2,14,15). The van der Waals surface area contributed by atoms with Crippen LogP contribution >= 0.6 is 15.9 Å². The third kappa shape index (κ3) is 1.71. The number of nitrogens with zero attached hydrogens (tertiary/aromatic N) is 2. The van der Waals surface area contributed by atoms with Gasteiger partial charge in [0.1, 0.15) is 0 Å². The van der Waals surface area contributed by atoms with Crippen molar-refractivity contribution in [1.29, 1.82) is 0 Å². The third-order valence-electron chi connectivity index (χ3n) is 3.18. The number of guanidine groups is 1. The maximum atomic E-state index is 5.90. The number of benzene rings is 1. The highest BCUT2D eigenvalue weighted by Gasteiger charge is 2.38. The highest BCUT2D eigenvalue weighted by molar-refractivity contribution is 9.10. The van der Waals surface area contributed by atoms with Crippen molar-refractivity contribution >= 4 is 21.9 Å². The molecule has 2 rings (SSSR count). The van der Waals surface area contributed by atoms with Gasteiger partial charge >= 0.3 is 0 Å². The van der Waals surface area contributed by atoms with Gasteiger partial charge in [-0.3, -0.25) is 4.99 Å². The van der Waals surface area contributed by atoms with Crippen LogP contribution in [0.1, 0.15) is 19.4 Å². The smallest absolute Gasteiger partial charge is 0.192 e. The Morgan fingerprint density at radius 1 is 1.56 bits per heavy atom. The van der Waals surface area contributed by atoms with Gasteiger partial charge in [-0.05, 0) is 31.5 Å². The van der Waals surface area contributed by atoms with E-state index in [2.05, 4.69) is 51.8 Å². The van der Waals surface area contributed by atoms with Crippen LogP contribution in [0.15, 0.2) is 33.7 Å². The molecular formula is C12H16BrN3. The summed E-state index contributed by atoms with van der Waals surface area (Å²) in [4.78, 5) is 6.50. The fraction of sp³-hybridized carbons (Fsp3) is 0.417. The van der Waals surface area contributed by atoms with Gasteiger partial charge in [0.2, 0.25) is 0 Å². The molecule has 0 aliphatic carbocycles. The molecule has 86 valence electrons. The second kappa shape index (κ2) is 4.09. The van der Waals surface area contributed by atoms with E-state index in [0.29, 0.717) is 5.96 Å². The Bertz CT molecular complexity index is 430. The predicted molar refractivity (Wildman–Crippen MR) is 70.4 cm³/mol. The monoisotopic (exact) mass is 281 g/mol. The summed E-state index contributed by atoms with van der Waals surface area (Å²) in [6.45, 7) is 5.88. The van der Waals surface area contributed by atoms with Crippen molar-refractivity contribution in [1.82, 2.24) is 4.90 Å². The van der Waals surface area contributed by atoms with Crippen molar-refractivity contribution in [3.8, 4) is 0 Å². The highest BCUT2D eigenvalue weighted by atomic mass is 79.9. The lowest BCUT2D eigenvalue weighted by molar-refractivity contribution is 0.235. The molecular weight excluding hydrogens is 266 g/mol. The van der Waals surface area contributed by atoms with E-state index in [4.69, 9.17) is 5.73 Å². The van der Waals surface area contributed by atoms with Gasteiger partial charge in [0.05, 0.1) is 12.1 Å². The van der Waals surface area contributed by atoms with Gasteiger partial charge in [-0.15, -0.1) is 0 Å². The molecule has 1 unspecified atom stereocenters. The minimum atomic E-state index is -0.109. The van der Waals surface area contributed by atoms with Gasteiger partial charge in [-0.2, -0.15) is 0 Å². The molecule has 3 nitrogen and oxygen atoms in total. The summed E-state index contributed by atoms with van der Waals surface area (Å²) in [5.74, 6) is 0.643. The van der Waals surface area contributed by atoms with E-state index in [1.54, 1.807) is 0 Å². The Hall–Kier alpha value is -1.03. The second-order valence-corrected chi connectivity index (χ2v) is 5.12. The van der Waals surface area contributed by atoms with Crippen LogP contribution in [0.4, 0.5) is 0 Å². The second-order valence-electron chi connectivity index (χ2n) is 4.20. The molecule has 0 fully saturated rings. The molecule has 0 saturated carbocycles. The van der Waals surface area contributed by atoms with Crippen LogP contribution in [0.5, 0.6) is 0 Å². The minimum absolute atomic E-state index is 0.109. The van der Waals surface area contributed by atoms with Crippen LogP contribution in [0, 0.1) is 0 Å². The zero-order valence-corrected chi connectivity index (χ0v) is 11.2. The van der Waals surface area contributed by atoms with Gasteiger partial charge in [-0.25, -0.2) is 0 Å². The predicted octanol–water partition coefficient (Wildman–Crippen LogP) is 2.31. The van der Waals surface area contributed by atoms with E-state index < -0.39 is 0 Å². The first-order valence-electron chi connectivity index (χ1n) is 5.41. The topological polar surface area (TPSA) is 41.6 Å². The fourth-order valence-electron chi connectivity index (χ4n) is 2.24. The molecule has 1 atom stereocenters. The lowest BCUT2D eigenvalue weighted by atomic mass is 9.91. The normalized spacial score (nSPS) is 24.7. The summed E-state index contributed by atoms with van der Waals surface area (Å²) in [6.07, 6.45) is 0. The molecule has 1 aromatic carbocycles. The van der Waals surface area contributed by atoms with E-state index in [9.17, 15) is 0 Å². The van der Waals surface area contributed by atoms with Crippen LogP contribution in [-0.2, 0) is 5.54 Å². The number of nitrogens with two attached hydrogens (primary N) is 1. The Morgan fingerprint density at radius 2 is 2.31 bits per heavy atom. The lowest BCUT2D eigenvalue weighted by Gasteiger charge is -2.36. The molecule has 0 bridgehead atoms. The van der Waals surface area contributed by atoms with Crippen molar-refractivity contribution in [3.63, 3.8) is 0 Å². The average molecular weight is 282 g/mol. The van der Waals surface area contributed by atoms with Crippen LogP contribution in [0.3, 0.4) is 0 Å². The number of halogens is 1. The van der Waals surface area contributed by atoms with Crippen LogP contribution < -0.4 is 5.73 Å². The maximum Gasteiger partial charge on any atom is 0.192 e. The molecule has 1 heterocycles. The number of rotatable bonds is 2. The molecule has 0 spiro atoms. The van der Waals surface area contributed by atoms with Crippen LogP contribution in [0.2, 0.25) is 0 Å². The van der Waals surface area contributed by atoms with E-state index in [-0.39, 0.29) is 5.54 Å². The summed E-state index contributed by atoms with van der Waals surface area (Å²) in [5.41, 5.74) is 7.04. The van der Waals surface area contributed by atoms with Crippen molar-refractivity contribution in [2.45, 2.75) is 19.4 Å². The van der Waals surface area contributed by atoms with E-state index in [1.807, 2.05) is 12.1 Å². The van der Waals surface area contributed by atoms with Gasteiger partial charge in [-0.1, -0.05) is 28.1 Å². The molecule has 1 aliphatic heterocycles. The van der Waals surface area contributed by atoms with E-state index >= 15 is 0 Å². The Labute approximate surface area is 104 Å². The van der Waals surface area contributed by atoms with Gasteiger partial charge in [0.15, 0.2) is 5.96 Å².